The average Bonchev–Trinajstić information content (AvgIpc) is 3.07. The Hall–Kier alpha value is -4.94. The van der Waals surface area contributed by atoms with E-state index in [0.29, 0.717) is 16.5 Å². The Kier molecular flexibility index (Phi) is 7.72. The SMILES string of the molecule is CC1(C)C(=O)N(c2ccc(C#N)c(C(F)(F)F)c2)C(=O)N1Cc1ccccc1NC(=O)Nc1ccc(S(=O)(=O)O)cc1. The van der Waals surface area contributed by atoms with Crippen LogP contribution in [-0.4, -0.2) is 41.4 Å². The monoisotopic (exact) mass is 601 g/mol. The Balaban J connectivity index is 1.57. The number of para-hydroxylation sites is 1. The lowest BCUT2D eigenvalue weighted by Crippen LogP contribution is -2.43. The number of nitrogens with zero attached hydrogens (tertiary/aromatic N) is 3. The zero-order valence-corrected chi connectivity index (χ0v) is 22.7. The lowest BCUT2D eigenvalue weighted by atomic mass is 10.0. The van der Waals surface area contributed by atoms with Gasteiger partial charge in [0.2, 0.25) is 0 Å². The van der Waals surface area contributed by atoms with Crippen molar-refractivity contribution < 1.29 is 40.5 Å². The molecule has 3 aromatic rings. The Labute approximate surface area is 237 Å². The molecule has 1 heterocycles. The van der Waals surface area contributed by atoms with Crippen molar-refractivity contribution in [3.8, 4) is 6.07 Å². The zero-order chi connectivity index (χ0) is 31.0. The number of hydrogen-bond donors (Lipinski definition) is 3. The first-order valence-electron chi connectivity index (χ1n) is 12.0. The number of urea groups is 2. The summed E-state index contributed by atoms with van der Waals surface area (Å²) in [5, 5.41) is 14.2. The van der Waals surface area contributed by atoms with Crippen molar-refractivity contribution in [3.63, 3.8) is 0 Å². The smallest absolute Gasteiger partial charge is 0.308 e. The van der Waals surface area contributed by atoms with Crippen molar-refractivity contribution in [1.82, 2.24) is 4.90 Å². The molecule has 1 aliphatic heterocycles. The van der Waals surface area contributed by atoms with Crippen molar-refractivity contribution in [2.24, 2.45) is 0 Å². The highest BCUT2D eigenvalue weighted by Gasteiger charge is 2.52. The summed E-state index contributed by atoms with van der Waals surface area (Å²) in [6, 6.07) is 13.4. The first-order valence-corrected chi connectivity index (χ1v) is 13.5. The van der Waals surface area contributed by atoms with E-state index in [1.165, 1.54) is 38.1 Å². The molecule has 3 N–H and O–H groups in total. The third kappa shape index (κ3) is 5.90. The number of anilines is 3. The molecule has 11 nitrogen and oxygen atoms in total. The van der Waals surface area contributed by atoms with Gasteiger partial charge in [0, 0.05) is 11.4 Å². The minimum Gasteiger partial charge on any atom is -0.308 e. The van der Waals surface area contributed by atoms with Gasteiger partial charge < -0.3 is 15.5 Å². The van der Waals surface area contributed by atoms with Gasteiger partial charge in [-0.3, -0.25) is 9.35 Å². The molecule has 0 spiro atoms. The van der Waals surface area contributed by atoms with Crippen LogP contribution in [0.5, 0.6) is 0 Å². The Bertz CT molecular complexity index is 1730. The number of benzene rings is 3. The van der Waals surface area contributed by atoms with Gasteiger partial charge in [-0.15, -0.1) is 0 Å². The molecule has 15 heteroatoms. The Morgan fingerprint density at radius 2 is 1.67 bits per heavy atom. The molecule has 0 aromatic heterocycles. The number of rotatable bonds is 6. The number of imide groups is 1. The highest BCUT2D eigenvalue weighted by molar-refractivity contribution is 7.85. The van der Waals surface area contributed by atoms with Gasteiger partial charge in [-0.2, -0.15) is 26.9 Å². The van der Waals surface area contributed by atoms with Gasteiger partial charge in [0.25, 0.3) is 16.0 Å². The fraction of sp³-hybridized carbons (Fsp3) is 0.185. The van der Waals surface area contributed by atoms with Gasteiger partial charge in [0.05, 0.1) is 34.3 Å². The summed E-state index contributed by atoms with van der Waals surface area (Å²) in [5.41, 5.74) is -2.94. The van der Waals surface area contributed by atoms with E-state index in [1.807, 2.05) is 0 Å². The summed E-state index contributed by atoms with van der Waals surface area (Å²) >= 11 is 0. The molecule has 1 fully saturated rings. The molecule has 1 aliphatic rings. The molecule has 1 saturated heterocycles. The quantitative estimate of drug-likeness (QED) is 0.258. The summed E-state index contributed by atoms with van der Waals surface area (Å²) in [4.78, 5) is 40.8. The van der Waals surface area contributed by atoms with E-state index in [0.717, 1.165) is 29.2 Å². The molecule has 0 saturated carbocycles. The van der Waals surface area contributed by atoms with E-state index >= 15 is 0 Å². The van der Waals surface area contributed by atoms with E-state index in [1.54, 1.807) is 18.2 Å². The number of halogens is 3. The summed E-state index contributed by atoms with van der Waals surface area (Å²) in [6.07, 6.45) is -4.90. The second-order valence-corrected chi connectivity index (χ2v) is 11.1. The topological polar surface area (TPSA) is 160 Å². The number of hydrogen-bond acceptors (Lipinski definition) is 6. The van der Waals surface area contributed by atoms with E-state index in [9.17, 15) is 36.0 Å². The summed E-state index contributed by atoms with van der Waals surface area (Å²) in [5.74, 6) is -0.790. The highest BCUT2D eigenvalue weighted by atomic mass is 32.2. The van der Waals surface area contributed by atoms with Crippen molar-refractivity contribution >= 4 is 45.1 Å². The molecule has 0 aliphatic carbocycles. The van der Waals surface area contributed by atoms with Crippen molar-refractivity contribution in [1.29, 1.82) is 5.26 Å². The molecule has 0 atom stereocenters. The number of carbonyl (C=O) groups excluding carboxylic acids is 3. The van der Waals surface area contributed by atoms with Crippen molar-refractivity contribution in [2.75, 3.05) is 15.5 Å². The summed E-state index contributed by atoms with van der Waals surface area (Å²) in [6.45, 7) is 2.65. The molecule has 0 radical (unpaired) electrons. The van der Waals surface area contributed by atoms with E-state index < -0.39 is 50.9 Å². The third-order valence-corrected chi connectivity index (χ3v) is 7.38. The molecule has 0 unspecified atom stereocenters. The van der Waals surface area contributed by atoms with E-state index in [2.05, 4.69) is 10.6 Å². The van der Waals surface area contributed by atoms with Crippen LogP contribution in [0.3, 0.4) is 0 Å². The molecule has 5 amide bonds. The van der Waals surface area contributed by atoms with E-state index in [-0.39, 0.29) is 28.5 Å². The zero-order valence-electron chi connectivity index (χ0n) is 21.9. The lowest BCUT2D eigenvalue weighted by Gasteiger charge is -2.28. The first kappa shape index (κ1) is 30.0. The molecular formula is C27H22F3N5O6S. The van der Waals surface area contributed by atoms with Gasteiger partial charge >= 0.3 is 18.2 Å². The molecule has 0 bridgehead atoms. The van der Waals surface area contributed by atoms with Gasteiger partial charge in [-0.1, -0.05) is 18.2 Å². The number of nitriles is 1. The predicted molar refractivity (Wildman–Crippen MR) is 144 cm³/mol. The first-order chi connectivity index (χ1) is 19.5. The number of nitrogens with one attached hydrogen (secondary N) is 2. The van der Waals surface area contributed by atoms with Crippen LogP contribution in [0.15, 0.2) is 71.6 Å². The van der Waals surface area contributed by atoms with Crippen LogP contribution >= 0.6 is 0 Å². The van der Waals surface area contributed by atoms with Gasteiger partial charge in [-0.05, 0) is 67.9 Å². The lowest BCUT2D eigenvalue weighted by molar-refractivity contribution is -0.137. The standard InChI is InChI=1S/C27H22F3N5O6S/c1-26(2)23(36)35(19-10-7-16(14-31)21(13-19)27(28,29)30)25(38)34(26)15-17-5-3-4-6-22(17)33-24(37)32-18-8-11-20(12-9-18)42(39,40)41/h3-13H,15H2,1-2H3,(H2,32,33,37)(H,39,40,41). The normalized spacial score (nSPS) is 15.0. The molecule has 3 aromatic carbocycles. The molecular weight excluding hydrogens is 579 g/mol. The van der Waals surface area contributed by atoms with Crippen LogP contribution in [-0.2, 0) is 27.6 Å². The fourth-order valence-electron chi connectivity index (χ4n) is 4.28. The van der Waals surface area contributed by atoms with Crippen LogP contribution in [0.25, 0.3) is 0 Å². The third-order valence-electron chi connectivity index (χ3n) is 6.51. The summed E-state index contributed by atoms with van der Waals surface area (Å²) < 4.78 is 72.1. The number of amides is 5. The van der Waals surface area contributed by atoms with Crippen molar-refractivity contribution in [2.45, 2.75) is 37.0 Å². The minimum absolute atomic E-state index is 0.204. The second kappa shape index (κ2) is 10.8. The van der Waals surface area contributed by atoms with Crippen molar-refractivity contribution in [3.05, 3.63) is 83.4 Å². The molecule has 4 rings (SSSR count). The average molecular weight is 602 g/mol. The van der Waals surface area contributed by atoms with E-state index in [4.69, 9.17) is 9.81 Å². The van der Waals surface area contributed by atoms with Crippen LogP contribution in [0.2, 0.25) is 0 Å². The molecule has 218 valence electrons. The number of alkyl halides is 3. The Morgan fingerprint density at radius 3 is 2.26 bits per heavy atom. The van der Waals surface area contributed by atoms with Crippen LogP contribution in [0, 0.1) is 11.3 Å². The van der Waals surface area contributed by atoms with Crippen LogP contribution in [0.4, 0.5) is 39.8 Å². The number of carbonyl (C=O) groups is 3. The maximum Gasteiger partial charge on any atom is 0.417 e. The summed E-state index contributed by atoms with van der Waals surface area (Å²) in [7, 11) is -4.42. The highest BCUT2D eigenvalue weighted by Crippen LogP contribution is 2.38. The second-order valence-electron chi connectivity index (χ2n) is 9.64. The van der Waals surface area contributed by atoms with Gasteiger partial charge in [-0.25, -0.2) is 14.5 Å². The predicted octanol–water partition coefficient (Wildman–Crippen LogP) is 5.22. The maximum absolute atomic E-state index is 13.5. The minimum atomic E-state index is -4.90. The fourth-order valence-corrected chi connectivity index (χ4v) is 4.76. The van der Waals surface area contributed by atoms with Crippen LogP contribution < -0.4 is 15.5 Å². The molecule has 42 heavy (non-hydrogen) atoms. The largest absolute Gasteiger partial charge is 0.417 e. The van der Waals surface area contributed by atoms with Crippen LogP contribution in [0.1, 0.15) is 30.5 Å². The maximum atomic E-state index is 13.5. The Morgan fingerprint density at radius 1 is 1.02 bits per heavy atom. The van der Waals surface area contributed by atoms with Gasteiger partial charge in [0.15, 0.2) is 0 Å². The van der Waals surface area contributed by atoms with Gasteiger partial charge in [0.1, 0.15) is 5.54 Å².